The molecule has 1 aliphatic rings. The minimum absolute atomic E-state index is 0.0652. The van der Waals surface area contributed by atoms with Crippen LogP contribution < -0.4 is 0 Å². The lowest BCUT2D eigenvalue weighted by molar-refractivity contribution is -0.128. The molecule has 2 aromatic heterocycles. The first-order valence-electron chi connectivity index (χ1n) is 10.1. The third kappa shape index (κ3) is 4.62. The molecule has 1 aromatic carbocycles. The maximum atomic E-state index is 12.8. The second-order valence-corrected chi connectivity index (χ2v) is 7.76. The van der Waals surface area contributed by atoms with Crippen molar-refractivity contribution in [2.75, 3.05) is 0 Å². The van der Waals surface area contributed by atoms with Crippen molar-refractivity contribution in [1.29, 1.82) is 0 Å². The third-order valence-corrected chi connectivity index (χ3v) is 5.07. The first-order chi connectivity index (χ1) is 14.1. The molecule has 0 aliphatic heterocycles. The highest BCUT2D eigenvalue weighted by Gasteiger charge is 2.33. The molecular weight excluding hydrogens is 360 g/mol. The van der Waals surface area contributed by atoms with Crippen molar-refractivity contribution in [3.8, 4) is 11.3 Å². The predicted molar refractivity (Wildman–Crippen MR) is 115 cm³/mol. The number of aromatic nitrogens is 3. The minimum atomic E-state index is 0.0652. The number of hydrogen-bond acceptors (Lipinski definition) is 3. The molecule has 29 heavy (non-hydrogen) atoms. The van der Waals surface area contributed by atoms with Crippen LogP contribution in [0.2, 0.25) is 0 Å². The number of carbonyl (C=O) groups is 1. The molecule has 0 unspecified atom stereocenters. The highest BCUT2D eigenvalue weighted by atomic mass is 16.2. The Bertz CT molecular complexity index is 986. The smallest absolute Gasteiger partial charge is 0.247 e. The van der Waals surface area contributed by atoms with Crippen molar-refractivity contribution in [3.63, 3.8) is 0 Å². The van der Waals surface area contributed by atoms with Crippen LogP contribution in [0.15, 0.2) is 67.1 Å². The Morgan fingerprint density at radius 2 is 2.00 bits per heavy atom. The third-order valence-electron chi connectivity index (χ3n) is 5.07. The molecule has 4 rings (SSSR count). The average molecular weight is 386 g/mol. The molecule has 5 heteroatoms. The number of carbonyl (C=O) groups excluding carboxylic acids is 1. The van der Waals surface area contributed by atoms with E-state index in [9.17, 15) is 4.79 Å². The van der Waals surface area contributed by atoms with Gasteiger partial charge >= 0.3 is 0 Å². The summed E-state index contributed by atoms with van der Waals surface area (Å²) in [6.45, 7) is 4.82. The van der Waals surface area contributed by atoms with E-state index in [1.54, 1.807) is 18.5 Å². The van der Waals surface area contributed by atoms with Gasteiger partial charge in [-0.05, 0) is 50.5 Å². The molecule has 1 amide bonds. The summed E-state index contributed by atoms with van der Waals surface area (Å²) in [5.41, 5.74) is 3.87. The molecule has 148 valence electrons. The first kappa shape index (κ1) is 19.1. The molecule has 5 nitrogen and oxygen atoms in total. The molecule has 1 fully saturated rings. The molecule has 3 aromatic rings. The summed E-state index contributed by atoms with van der Waals surface area (Å²) in [5.74, 6) is 0.0652. The zero-order chi connectivity index (χ0) is 20.2. The molecule has 1 saturated carbocycles. The topological polar surface area (TPSA) is 51.0 Å². The summed E-state index contributed by atoms with van der Waals surface area (Å²) in [6.07, 6.45) is 11.3. The molecule has 2 heterocycles. The van der Waals surface area contributed by atoms with Crippen LogP contribution >= 0.6 is 0 Å². The van der Waals surface area contributed by atoms with Gasteiger partial charge in [0.15, 0.2) is 0 Å². The lowest BCUT2D eigenvalue weighted by Gasteiger charge is -2.25. The second kappa shape index (κ2) is 8.43. The lowest BCUT2D eigenvalue weighted by atomic mass is 10.1. The van der Waals surface area contributed by atoms with Gasteiger partial charge in [-0.15, -0.1) is 0 Å². The van der Waals surface area contributed by atoms with Crippen LogP contribution in [0.25, 0.3) is 17.3 Å². The van der Waals surface area contributed by atoms with Crippen molar-refractivity contribution in [3.05, 3.63) is 78.3 Å². The van der Waals surface area contributed by atoms with E-state index < -0.39 is 0 Å². The van der Waals surface area contributed by atoms with Gasteiger partial charge < -0.3 is 4.90 Å². The fourth-order valence-electron chi connectivity index (χ4n) is 3.59. The molecule has 0 atom stereocenters. The molecule has 0 N–H and O–H groups in total. The maximum Gasteiger partial charge on any atom is 0.247 e. The largest absolute Gasteiger partial charge is 0.334 e. The van der Waals surface area contributed by atoms with Crippen LogP contribution in [-0.2, 0) is 11.3 Å². The monoisotopic (exact) mass is 386 g/mol. The van der Waals surface area contributed by atoms with E-state index in [4.69, 9.17) is 5.10 Å². The highest BCUT2D eigenvalue weighted by Crippen LogP contribution is 2.29. The van der Waals surface area contributed by atoms with Gasteiger partial charge in [0.05, 0.1) is 6.54 Å². The lowest BCUT2D eigenvalue weighted by Crippen LogP contribution is -2.37. The number of hydrogen-bond donors (Lipinski definition) is 0. The Kier molecular flexibility index (Phi) is 5.56. The highest BCUT2D eigenvalue weighted by molar-refractivity contribution is 5.93. The predicted octanol–water partition coefficient (Wildman–Crippen LogP) is 4.41. The Hall–Kier alpha value is -3.21. The van der Waals surface area contributed by atoms with E-state index in [1.165, 1.54) is 5.56 Å². The summed E-state index contributed by atoms with van der Waals surface area (Å²) in [7, 11) is 0. The second-order valence-electron chi connectivity index (χ2n) is 7.76. The molecule has 0 radical (unpaired) electrons. The number of rotatable bonds is 7. The maximum absolute atomic E-state index is 12.8. The molecule has 0 saturated heterocycles. The molecule has 0 bridgehead atoms. The van der Waals surface area contributed by atoms with E-state index in [0.29, 0.717) is 12.6 Å². The fraction of sp³-hybridized carbons (Fsp3) is 0.292. The summed E-state index contributed by atoms with van der Waals surface area (Å²) in [5, 5.41) is 4.78. The van der Waals surface area contributed by atoms with Crippen molar-refractivity contribution in [1.82, 2.24) is 19.7 Å². The minimum Gasteiger partial charge on any atom is -0.334 e. The van der Waals surface area contributed by atoms with Crippen LogP contribution in [-0.4, -0.2) is 37.7 Å². The molecular formula is C24H26N4O. The van der Waals surface area contributed by atoms with Gasteiger partial charge in [0.1, 0.15) is 5.69 Å². The normalized spacial score (nSPS) is 13.9. The molecule has 1 aliphatic carbocycles. The number of benzene rings is 1. The van der Waals surface area contributed by atoms with E-state index >= 15 is 0 Å². The van der Waals surface area contributed by atoms with Crippen LogP contribution in [0.4, 0.5) is 0 Å². The average Bonchev–Trinajstić information content (AvgIpc) is 3.47. The van der Waals surface area contributed by atoms with Gasteiger partial charge in [-0.2, -0.15) is 5.10 Å². The van der Waals surface area contributed by atoms with Crippen LogP contribution in [0.5, 0.6) is 0 Å². The number of amides is 1. The SMILES string of the molecule is CC(C)N(C(=O)/C=C/c1cn(Cc2ccccc2)nc1-c1cccnc1)C1CC1. The van der Waals surface area contributed by atoms with E-state index in [2.05, 4.69) is 31.0 Å². The van der Waals surface area contributed by atoms with E-state index in [1.807, 2.05) is 52.2 Å². The fourth-order valence-corrected chi connectivity index (χ4v) is 3.59. The van der Waals surface area contributed by atoms with Gasteiger partial charge in [-0.1, -0.05) is 30.3 Å². The van der Waals surface area contributed by atoms with Gasteiger partial charge in [0, 0.05) is 47.9 Å². The van der Waals surface area contributed by atoms with E-state index in [-0.39, 0.29) is 11.9 Å². The van der Waals surface area contributed by atoms with Gasteiger partial charge in [-0.3, -0.25) is 14.5 Å². The van der Waals surface area contributed by atoms with Gasteiger partial charge in [-0.25, -0.2) is 0 Å². The van der Waals surface area contributed by atoms with Crippen LogP contribution in [0.3, 0.4) is 0 Å². The zero-order valence-corrected chi connectivity index (χ0v) is 16.9. The van der Waals surface area contributed by atoms with Crippen LogP contribution in [0.1, 0.15) is 37.8 Å². The standard InChI is InChI=1S/C24H26N4O/c1-18(2)28(22-11-12-22)23(29)13-10-21-17-27(16-19-7-4-3-5-8-19)26-24(21)20-9-6-14-25-15-20/h3-10,13-15,17-18,22H,11-12,16H2,1-2H3/b13-10+. The number of nitrogens with zero attached hydrogens (tertiary/aromatic N) is 4. The van der Waals surface area contributed by atoms with Crippen molar-refractivity contribution in [2.45, 2.75) is 45.3 Å². The quantitative estimate of drug-likeness (QED) is 0.565. The van der Waals surface area contributed by atoms with Crippen molar-refractivity contribution < 1.29 is 4.79 Å². The zero-order valence-electron chi connectivity index (χ0n) is 16.9. The van der Waals surface area contributed by atoms with Gasteiger partial charge in [0.25, 0.3) is 0 Å². The van der Waals surface area contributed by atoms with Gasteiger partial charge in [0.2, 0.25) is 5.91 Å². The van der Waals surface area contributed by atoms with Crippen LogP contribution in [0, 0.1) is 0 Å². The Morgan fingerprint density at radius 3 is 2.66 bits per heavy atom. The van der Waals surface area contributed by atoms with E-state index in [0.717, 1.165) is 29.7 Å². The Balaban J connectivity index is 1.63. The summed E-state index contributed by atoms with van der Waals surface area (Å²) in [6, 6.07) is 14.7. The Morgan fingerprint density at radius 1 is 1.21 bits per heavy atom. The summed E-state index contributed by atoms with van der Waals surface area (Å²) in [4.78, 5) is 19.0. The van der Waals surface area contributed by atoms with Crippen molar-refractivity contribution in [2.24, 2.45) is 0 Å². The molecule has 0 spiro atoms. The summed E-state index contributed by atoms with van der Waals surface area (Å²) >= 11 is 0. The summed E-state index contributed by atoms with van der Waals surface area (Å²) < 4.78 is 1.92. The van der Waals surface area contributed by atoms with Crippen molar-refractivity contribution >= 4 is 12.0 Å². The first-order valence-corrected chi connectivity index (χ1v) is 10.1. The Labute approximate surface area is 171 Å². The number of pyridine rings is 1.